The van der Waals surface area contributed by atoms with E-state index in [0.717, 1.165) is 63.9 Å². The van der Waals surface area contributed by atoms with Gasteiger partial charge < -0.3 is 14.8 Å². The Morgan fingerprint density at radius 2 is 1.84 bits per heavy atom. The van der Waals surface area contributed by atoms with Crippen molar-refractivity contribution in [2.75, 3.05) is 13.2 Å². The first-order valence-corrected chi connectivity index (χ1v) is 15.3. The molecule has 3 unspecified atom stereocenters. The van der Waals surface area contributed by atoms with Crippen LogP contribution in [-0.4, -0.2) is 25.3 Å². The lowest BCUT2D eigenvalue weighted by atomic mass is 9.87. The van der Waals surface area contributed by atoms with Crippen molar-refractivity contribution >= 4 is 5.97 Å². The largest absolute Gasteiger partial charge is 0.495 e. The van der Waals surface area contributed by atoms with Crippen LogP contribution in [-0.2, 0) is 14.3 Å². The summed E-state index contributed by atoms with van der Waals surface area (Å²) in [6, 6.07) is 0. The highest BCUT2D eigenvalue weighted by molar-refractivity contribution is 5.74. The fourth-order valence-corrected chi connectivity index (χ4v) is 5.33. The van der Waals surface area contributed by atoms with E-state index in [0.29, 0.717) is 11.7 Å². The number of unbranched alkanes of at least 4 members (excludes halogenated alkanes) is 7. The molecule has 212 valence electrons. The molecule has 0 aromatic heterocycles. The highest BCUT2D eigenvalue weighted by Crippen LogP contribution is 2.29. The summed E-state index contributed by atoms with van der Waals surface area (Å²) in [5.74, 6) is 1.87. The van der Waals surface area contributed by atoms with Gasteiger partial charge in [0.25, 0.3) is 0 Å². The number of ether oxygens (including phenoxy) is 2. The third-order valence-corrected chi connectivity index (χ3v) is 7.81. The van der Waals surface area contributed by atoms with Gasteiger partial charge in [-0.1, -0.05) is 81.2 Å². The molecular formula is C33H52N2O3. The molecule has 3 atom stereocenters. The number of carbonyl (C=O) groups is 1. The summed E-state index contributed by atoms with van der Waals surface area (Å²) in [6.07, 6.45) is 29.1. The Balaban J connectivity index is 1.28. The van der Waals surface area contributed by atoms with Crippen LogP contribution in [0.1, 0.15) is 111 Å². The molecule has 0 radical (unpaired) electrons. The maximum atomic E-state index is 12.7. The summed E-state index contributed by atoms with van der Waals surface area (Å²) in [7, 11) is 0. The molecule has 3 rings (SSSR count). The molecule has 1 aliphatic heterocycles. The lowest BCUT2D eigenvalue weighted by Gasteiger charge is -2.31. The first-order chi connectivity index (χ1) is 18.5. The van der Waals surface area contributed by atoms with Crippen molar-refractivity contribution in [2.24, 2.45) is 11.8 Å². The lowest BCUT2D eigenvalue weighted by molar-refractivity contribution is -0.144. The fraction of sp³-hybridized carbons (Fsp3) is 0.667. The zero-order valence-corrected chi connectivity index (χ0v) is 24.2. The Kier molecular flexibility index (Phi) is 13.8. The fourth-order valence-electron chi connectivity index (χ4n) is 5.33. The summed E-state index contributed by atoms with van der Waals surface area (Å²) in [6.45, 7) is 8.09. The highest BCUT2D eigenvalue weighted by Gasteiger charge is 2.26. The topological polar surface area (TPSA) is 59.6 Å². The zero-order valence-electron chi connectivity index (χ0n) is 24.2. The molecule has 5 nitrogen and oxygen atoms in total. The van der Waals surface area contributed by atoms with Crippen LogP contribution >= 0.6 is 0 Å². The van der Waals surface area contributed by atoms with Gasteiger partial charge in [-0.25, -0.2) is 0 Å². The van der Waals surface area contributed by atoms with Crippen LogP contribution in [0.3, 0.4) is 0 Å². The monoisotopic (exact) mass is 524 g/mol. The third kappa shape index (κ3) is 11.2. The van der Waals surface area contributed by atoms with Crippen LogP contribution in [0.15, 0.2) is 59.2 Å². The van der Waals surface area contributed by atoms with Crippen molar-refractivity contribution < 1.29 is 14.3 Å². The first-order valence-electron chi connectivity index (χ1n) is 15.3. The molecular weight excluding hydrogens is 472 g/mol. The molecule has 0 amide bonds. The van der Waals surface area contributed by atoms with Gasteiger partial charge in [0.1, 0.15) is 11.5 Å². The van der Waals surface area contributed by atoms with E-state index in [1.807, 2.05) is 18.4 Å². The molecule has 38 heavy (non-hydrogen) atoms. The molecule has 0 spiro atoms. The van der Waals surface area contributed by atoms with Crippen molar-refractivity contribution in [2.45, 2.75) is 117 Å². The van der Waals surface area contributed by atoms with Crippen molar-refractivity contribution in [3.63, 3.8) is 0 Å². The van der Waals surface area contributed by atoms with E-state index in [2.05, 4.69) is 49.6 Å². The van der Waals surface area contributed by atoms with E-state index in [-0.39, 0.29) is 18.1 Å². The minimum atomic E-state index is -0.0888. The molecule has 1 heterocycles. The number of carbonyl (C=O) groups excluding carboxylic acids is 1. The van der Waals surface area contributed by atoms with E-state index in [4.69, 9.17) is 9.47 Å². The summed E-state index contributed by atoms with van der Waals surface area (Å²) < 4.78 is 11.7. The van der Waals surface area contributed by atoms with Crippen LogP contribution in [0.25, 0.3) is 0 Å². The Morgan fingerprint density at radius 3 is 2.47 bits per heavy atom. The van der Waals surface area contributed by atoms with Gasteiger partial charge in [0.2, 0.25) is 0 Å². The Morgan fingerprint density at radius 1 is 1.05 bits per heavy atom. The molecule has 0 aromatic rings. The van der Waals surface area contributed by atoms with Gasteiger partial charge in [-0.05, 0) is 70.9 Å². The number of hydrogen-bond donors (Lipinski definition) is 2. The third-order valence-electron chi connectivity index (χ3n) is 7.81. The van der Waals surface area contributed by atoms with Crippen LogP contribution in [0, 0.1) is 11.8 Å². The zero-order chi connectivity index (χ0) is 27.0. The number of nitrogens with one attached hydrogen (secondary N) is 2. The van der Waals surface area contributed by atoms with Crippen LogP contribution in [0.4, 0.5) is 0 Å². The molecule has 0 saturated carbocycles. The average molecular weight is 525 g/mol. The number of allylic oxidation sites excluding steroid dienone is 6. The van der Waals surface area contributed by atoms with E-state index in [1.54, 1.807) is 0 Å². The van der Waals surface area contributed by atoms with Gasteiger partial charge in [0.05, 0.1) is 25.2 Å². The van der Waals surface area contributed by atoms with E-state index in [9.17, 15) is 4.79 Å². The van der Waals surface area contributed by atoms with E-state index < -0.39 is 0 Å². The number of esters is 1. The molecule has 0 bridgehead atoms. The second-order valence-electron chi connectivity index (χ2n) is 11.4. The summed E-state index contributed by atoms with van der Waals surface area (Å²) in [5.41, 5.74) is 2.85. The van der Waals surface area contributed by atoms with Crippen molar-refractivity contribution in [3.8, 4) is 0 Å². The maximum Gasteiger partial charge on any atom is 0.314 e. The van der Waals surface area contributed by atoms with Gasteiger partial charge in [-0.15, -0.1) is 0 Å². The van der Waals surface area contributed by atoms with Crippen molar-refractivity contribution in [1.29, 1.82) is 0 Å². The Bertz CT molecular complexity index is 879. The second-order valence-corrected chi connectivity index (χ2v) is 11.4. The molecule has 2 aliphatic carbocycles. The van der Waals surface area contributed by atoms with Crippen LogP contribution in [0.5, 0.6) is 0 Å². The molecule has 0 saturated heterocycles. The summed E-state index contributed by atoms with van der Waals surface area (Å²) in [5, 5.41) is 7.00. The summed E-state index contributed by atoms with van der Waals surface area (Å²) >= 11 is 0. The highest BCUT2D eigenvalue weighted by atomic mass is 16.5. The molecule has 0 aromatic carbocycles. The van der Waals surface area contributed by atoms with Crippen molar-refractivity contribution in [1.82, 2.24) is 10.6 Å². The lowest BCUT2D eigenvalue weighted by Crippen LogP contribution is -2.49. The first kappa shape index (κ1) is 30.3. The standard InChI is InChI=1S/C33H52N2O3/c1-4-5-6-7-8-9-10-11-23-37-31-24-34-32(35-25-31)28-19-21-30(22-20-28)38-33(36)29-17-15-27(16-18-29)14-12-13-26(2)3/h13,15,19,21-22,24,28-29,32,34-35H,4-12,14,16-18,20,23,25H2,1-3H3. The summed E-state index contributed by atoms with van der Waals surface area (Å²) in [4.78, 5) is 12.7. The Hall–Kier alpha value is -2.27. The minimum absolute atomic E-state index is 0.0229. The number of rotatable bonds is 16. The van der Waals surface area contributed by atoms with Crippen LogP contribution in [0.2, 0.25) is 0 Å². The molecule has 3 aliphatic rings. The van der Waals surface area contributed by atoms with Gasteiger partial charge in [-0.3, -0.25) is 10.1 Å². The van der Waals surface area contributed by atoms with Gasteiger partial charge in [0.15, 0.2) is 0 Å². The molecule has 5 heteroatoms. The molecule has 0 fully saturated rings. The SMILES string of the molecule is CCCCCCCCCCOC1=CNC(C2C=CC(OC(=O)C3CC=C(CCC=C(C)C)CC3)=CC2)NC1. The van der Waals surface area contributed by atoms with Gasteiger partial charge in [0, 0.05) is 12.1 Å². The quantitative estimate of drug-likeness (QED) is 0.122. The second kappa shape index (κ2) is 17.3. The maximum absolute atomic E-state index is 12.7. The smallest absolute Gasteiger partial charge is 0.314 e. The van der Waals surface area contributed by atoms with E-state index in [1.165, 1.54) is 56.1 Å². The van der Waals surface area contributed by atoms with Gasteiger partial charge in [-0.2, -0.15) is 0 Å². The predicted molar refractivity (Wildman–Crippen MR) is 157 cm³/mol. The van der Waals surface area contributed by atoms with Crippen molar-refractivity contribution in [3.05, 3.63) is 59.2 Å². The van der Waals surface area contributed by atoms with Gasteiger partial charge >= 0.3 is 5.97 Å². The van der Waals surface area contributed by atoms with E-state index >= 15 is 0 Å². The Labute approximate surface area is 231 Å². The predicted octanol–water partition coefficient (Wildman–Crippen LogP) is 7.98. The minimum Gasteiger partial charge on any atom is -0.495 e. The van der Waals surface area contributed by atoms with Crippen LogP contribution < -0.4 is 10.6 Å². The number of hydrogen-bond acceptors (Lipinski definition) is 5. The normalized spacial score (nSPS) is 23.0. The molecule has 2 N–H and O–H groups in total. The average Bonchev–Trinajstić information content (AvgIpc) is 2.93.